The van der Waals surface area contributed by atoms with Gasteiger partial charge in [-0.2, -0.15) is 0 Å². The van der Waals surface area contributed by atoms with E-state index in [0.29, 0.717) is 18.8 Å². The predicted octanol–water partition coefficient (Wildman–Crippen LogP) is 3.10. The SMILES string of the molecule is CCc1ccc(OC)c(S(=O)(=O)NC(C)Cc2ccc3c(c2)CCO3)c1. The molecule has 0 fully saturated rings. The molecule has 5 nitrogen and oxygen atoms in total. The van der Waals surface area contributed by atoms with E-state index in [4.69, 9.17) is 9.47 Å². The van der Waals surface area contributed by atoms with E-state index in [1.54, 1.807) is 12.1 Å². The number of hydrogen-bond donors (Lipinski definition) is 1. The third-order valence-corrected chi connectivity index (χ3v) is 6.19. The van der Waals surface area contributed by atoms with E-state index in [0.717, 1.165) is 29.7 Å². The first-order valence-corrected chi connectivity index (χ1v) is 10.3. The topological polar surface area (TPSA) is 64.6 Å². The monoisotopic (exact) mass is 375 g/mol. The number of sulfonamides is 1. The van der Waals surface area contributed by atoms with Crippen molar-refractivity contribution < 1.29 is 17.9 Å². The van der Waals surface area contributed by atoms with Crippen LogP contribution in [-0.4, -0.2) is 28.2 Å². The highest BCUT2D eigenvalue weighted by Crippen LogP contribution is 2.27. The average molecular weight is 375 g/mol. The van der Waals surface area contributed by atoms with Gasteiger partial charge in [0, 0.05) is 12.5 Å². The maximum absolute atomic E-state index is 12.9. The fraction of sp³-hybridized carbons (Fsp3) is 0.400. The Morgan fingerprint density at radius 2 is 1.96 bits per heavy atom. The minimum Gasteiger partial charge on any atom is -0.495 e. The lowest BCUT2D eigenvalue weighted by atomic mass is 10.0. The number of fused-ring (bicyclic) bond motifs is 1. The number of rotatable bonds is 7. The van der Waals surface area contributed by atoms with E-state index >= 15 is 0 Å². The molecule has 0 aromatic heterocycles. The Hall–Kier alpha value is -2.05. The van der Waals surface area contributed by atoms with Gasteiger partial charge in [-0.25, -0.2) is 13.1 Å². The smallest absolute Gasteiger partial charge is 0.244 e. The Morgan fingerprint density at radius 3 is 2.69 bits per heavy atom. The Kier molecular flexibility index (Phi) is 5.53. The number of methoxy groups -OCH3 is 1. The van der Waals surface area contributed by atoms with Crippen LogP contribution in [0.25, 0.3) is 0 Å². The summed E-state index contributed by atoms with van der Waals surface area (Å²) in [5.41, 5.74) is 3.24. The summed E-state index contributed by atoms with van der Waals surface area (Å²) in [6, 6.07) is 11.1. The van der Waals surface area contributed by atoms with E-state index in [9.17, 15) is 8.42 Å². The number of benzene rings is 2. The summed E-state index contributed by atoms with van der Waals surface area (Å²) in [6.45, 7) is 4.58. The second kappa shape index (κ2) is 7.68. The highest BCUT2D eigenvalue weighted by Gasteiger charge is 2.23. The minimum atomic E-state index is -3.67. The van der Waals surface area contributed by atoms with Gasteiger partial charge in [0.05, 0.1) is 13.7 Å². The number of hydrogen-bond acceptors (Lipinski definition) is 4. The molecule has 0 amide bonds. The zero-order valence-corrected chi connectivity index (χ0v) is 16.2. The molecule has 0 spiro atoms. The quantitative estimate of drug-likeness (QED) is 0.808. The standard InChI is InChI=1S/C20H25NO4S/c1-4-15-5-8-19(24-3)20(13-15)26(22,23)21-14(2)11-16-6-7-18-17(12-16)9-10-25-18/h5-8,12-14,21H,4,9-11H2,1-3H3. The average Bonchev–Trinajstić information content (AvgIpc) is 3.08. The third-order valence-electron chi connectivity index (χ3n) is 4.58. The van der Waals surface area contributed by atoms with Gasteiger partial charge in [0.25, 0.3) is 0 Å². The molecule has 0 saturated heterocycles. The molecule has 0 saturated carbocycles. The van der Waals surface area contributed by atoms with Crippen molar-refractivity contribution >= 4 is 10.0 Å². The van der Waals surface area contributed by atoms with Gasteiger partial charge in [0.1, 0.15) is 16.4 Å². The number of aryl methyl sites for hydroxylation is 1. The summed E-state index contributed by atoms with van der Waals surface area (Å²) < 4.78 is 39.3. The lowest BCUT2D eigenvalue weighted by Crippen LogP contribution is -2.34. The van der Waals surface area contributed by atoms with E-state index in [1.165, 1.54) is 12.7 Å². The van der Waals surface area contributed by atoms with Crippen LogP contribution in [0.15, 0.2) is 41.3 Å². The molecule has 1 N–H and O–H groups in total. The second-order valence-corrected chi connectivity index (χ2v) is 8.29. The molecular weight excluding hydrogens is 350 g/mol. The fourth-order valence-corrected chi connectivity index (χ4v) is 4.70. The Labute approximate surface area is 155 Å². The van der Waals surface area contributed by atoms with Crippen LogP contribution in [0.2, 0.25) is 0 Å². The summed E-state index contributed by atoms with van der Waals surface area (Å²) in [5, 5.41) is 0. The minimum absolute atomic E-state index is 0.188. The maximum atomic E-state index is 12.9. The van der Waals surface area contributed by atoms with Crippen molar-refractivity contribution in [2.24, 2.45) is 0 Å². The van der Waals surface area contributed by atoms with Crippen molar-refractivity contribution in [1.82, 2.24) is 4.72 Å². The molecule has 26 heavy (non-hydrogen) atoms. The van der Waals surface area contributed by atoms with E-state index < -0.39 is 10.0 Å². The van der Waals surface area contributed by atoms with Crippen molar-refractivity contribution in [3.8, 4) is 11.5 Å². The molecule has 2 aromatic rings. The van der Waals surface area contributed by atoms with Gasteiger partial charge in [-0.15, -0.1) is 0 Å². The van der Waals surface area contributed by atoms with Crippen LogP contribution in [0, 0.1) is 0 Å². The van der Waals surface area contributed by atoms with Gasteiger partial charge in [0.15, 0.2) is 0 Å². The molecule has 1 aliphatic rings. The molecule has 1 atom stereocenters. The fourth-order valence-electron chi connectivity index (χ4n) is 3.24. The van der Waals surface area contributed by atoms with Crippen molar-refractivity contribution in [1.29, 1.82) is 0 Å². The van der Waals surface area contributed by atoms with Crippen LogP contribution in [0.1, 0.15) is 30.5 Å². The Balaban J connectivity index is 1.76. The predicted molar refractivity (Wildman–Crippen MR) is 102 cm³/mol. The van der Waals surface area contributed by atoms with Crippen LogP contribution in [0.4, 0.5) is 0 Å². The molecule has 1 heterocycles. The molecule has 1 aliphatic heterocycles. The van der Waals surface area contributed by atoms with Crippen molar-refractivity contribution in [2.75, 3.05) is 13.7 Å². The maximum Gasteiger partial charge on any atom is 0.244 e. The molecule has 0 aliphatic carbocycles. The van der Waals surface area contributed by atoms with Crippen LogP contribution < -0.4 is 14.2 Å². The third kappa shape index (κ3) is 4.02. The van der Waals surface area contributed by atoms with Gasteiger partial charge in [-0.1, -0.05) is 25.1 Å². The lowest BCUT2D eigenvalue weighted by Gasteiger charge is -2.17. The first-order chi connectivity index (χ1) is 12.4. The first kappa shape index (κ1) is 18.7. The molecule has 1 unspecified atom stereocenters. The van der Waals surface area contributed by atoms with E-state index in [1.807, 2.05) is 32.0 Å². The molecule has 0 radical (unpaired) electrons. The first-order valence-electron chi connectivity index (χ1n) is 8.86. The molecule has 0 bridgehead atoms. The summed E-state index contributed by atoms with van der Waals surface area (Å²) in [4.78, 5) is 0.188. The molecule has 3 rings (SSSR count). The molecule has 140 valence electrons. The van der Waals surface area contributed by atoms with Crippen LogP contribution in [0.5, 0.6) is 11.5 Å². The lowest BCUT2D eigenvalue weighted by molar-refractivity contribution is 0.357. The zero-order valence-electron chi connectivity index (χ0n) is 15.4. The summed E-state index contributed by atoms with van der Waals surface area (Å²) >= 11 is 0. The van der Waals surface area contributed by atoms with Gasteiger partial charge in [0.2, 0.25) is 10.0 Å². The number of ether oxygens (including phenoxy) is 2. The summed E-state index contributed by atoms with van der Waals surface area (Å²) in [7, 11) is -2.18. The summed E-state index contributed by atoms with van der Waals surface area (Å²) in [6.07, 6.45) is 2.28. The van der Waals surface area contributed by atoms with E-state index in [2.05, 4.69) is 10.8 Å². The van der Waals surface area contributed by atoms with Crippen LogP contribution >= 0.6 is 0 Å². The highest BCUT2D eigenvalue weighted by molar-refractivity contribution is 7.89. The number of nitrogens with one attached hydrogen (secondary N) is 1. The van der Waals surface area contributed by atoms with Gasteiger partial charge in [-0.3, -0.25) is 0 Å². The van der Waals surface area contributed by atoms with Crippen molar-refractivity contribution in [3.05, 3.63) is 53.1 Å². The largest absolute Gasteiger partial charge is 0.495 e. The highest BCUT2D eigenvalue weighted by atomic mass is 32.2. The second-order valence-electron chi connectivity index (χ2n) is 6.61. The summed E-state index contributed by atoms with van der Waals surface area (Å²) in [5.74, 6) is 1.29. The Morgan fingerprint density at radius 1 is 1.19 bits per heavy atom. The van der Waals surface area contributed by atoms with Gasteiger partial charge >= 0.3 is 0 Å². The Bertz CT molecular complexity index is 893. The van der Waals surface area contributed by atoms with Crippen molar-refractivity contribution in [3.63, 3.8) is 0 Å². The van der Waals surface area contributed by atoms with Crippen LogP contribution in [-0.2, 0) is 29.3 Å². The van der Waals surface area contributed by atoms with E-state index in [-0.39, 0.29) is 10.9 Å². The van der Waals surface area contributed by atoms with Crippen LogP contribution in [0.3, 0.4) is 0 Å². The van der Waals surface area contributed by atoms with Gasteiger partial charge < -0.3 is 9.47 Å². The van der Waals surface area contributed by atoms with Crippen molar-refractivity contribution in [2.45, 2.75) is 44.0 Å². The zero-order chi connectivity index (χ0) is 18.7. The molecular formula is C20H25NO4S. The molecule has 6 heteroatoms. The molecule has 2 aromatic carbocycles. The normalized spacial score (nSPS) is 14.6. The van der Waals surface area contributed by atoms with Gasteiger partial charge in [-0.05, 0) is 54.7 Å².